The van der Waals surface area contributed by atoms with Crippen LogP contribution in [-0.2, 0) is 8.23 Å². The first-order valence-electron chi connectivity index (χ1n) is 10.4. The summed E-state index contributed by atoms with van der Waals surface area (Å²) in [6.07, 6.45) is 16.6. The maximum absolute atomic E-state index is 6.61. The van der Waals surface area contributed by atoms with Crippen molar-refractivity contribution in [3.05, 3.63) is 0 Å². The molecule has 23 heavy (non-hydrogen) atoms. The predicted octanol–water partition coefficient (Wildman–Crippen LogP) is 4.99. The molecule has 0 radical (unpaired) electrons. The molecule has 5 heteroatoms. The van der Waals surface area contributed by atoms with Crippen molar-refractivity contribution >= 4 is 28.8 Å². The van der Waals surface area contributed by atoms with E-state index in [0.29, 0.717) is 0 Å². The summed E-state index contributed by atoms with van der Waals surface area (Å²) in [6.45, 7) is 6.91. The van der Waals surface area contributed by atoms with E-state index in [0.717, 1.165) is 10.5 Å². The van der Waals surface area contributed by atoms with E-state index >= 15 is 0 Å². The second kappa shape index (κ2) is 17.4. The van der Waals surface area contributed by atoms with Crippen molar-refractivity contribution in [3.8, 4) is 0 Å². The first-order valence-corrected chi connectivity index (χ1v) is 14.9. The van der Waals surface area contributed by atoms with E-state index in [1.54, 1.807) is 0 Å². The number of hydrogen-bond acceptors (Lipinski definition) is 2. The predicted molar refractivity (Wildman–Crippen MR) is 113 cm³/mol. The van der Waals surface area contributed by atoms with E-state index in [2.05, 4.69) is 20.8 Å². The van der Waals surface area contributed by atoms with Gasteiger partial charge in [0.1, 0.15) is 10.5 Å². The molecule has 0 rings (SSSR count). The maximum Gasteiger partial charge on any atom is 0.283 e. The summed E-state index contributed by atoms with van der Waals surface area (Å²) in [5, 5.41) is 0. The molecule has 0 saturated heterocycles. The van der Waals surface area contributed by atoms with E-state index in [4.69, 9.17) is 8.23 Å². The van der Waals surface area contributed by atoms with Crippen LogP contribution in [0.15, 0.2) is 0 Å². The third-order valence-corrected chi connectivity index (χ3v) is 12.6. The van der Waals surface area contributed by atoms with Gasteiger partial charge in [0.15, 0.2) is 8.32 Å². The highest BCUT2D eigenvalue weighted by atomic mass is 28.4. The molecule has 0 aliphatic rings. The quantitative estimate of drug-likeness (QED) is 0.248. The normalized spacial score (nSPS) is 12.7. The van der Waals surface area contributed by atoms with Crippen molar-refractivity contribution in [2.24, 2.45) is 0 Å². The van der Waals surface area contributed by atoms with Gasteiger partial charge in [-0.15, -0.1) is 0 Å². The smallest absolute Gasteiger partial charge is 0.283 e. The molecule has 0 heterocycles. The summed E-state index contributed by atoms with van der Waals surface area (Å²) in [6, 6.07) is 4.22. The molecule has 0 aliphatic carbocycles. The average Bonchev–Trinajstić information content (AvgIpc) is 2.57. The molecule has 0 aromatic carbocycles. The molecule has 0 saturated carbocycles. The van der Waals surface area contributed by atoms with Crippen LogP contribution in [0, 0.1) is 0 Å². The largest absolute Gasteiger partial charge is 0.449 e. The molecule has 0 aromatic heterocycles. The van der Waals surface area contributed by atoms with Gasteiger partial charge in [0.2, 0.25) is 0 Å². The lowest BCUT2D eigenvalue weighted by atomic mass is 10.2. The van der Waals surface area contributed by atoms with Gasteiger partial charge < -0.3 is 8.23 Å². The molecule has 0 spiro atoms. The van der Waals surface area contributed by atoms with Gasteiger partial charge in [-0.05, 0) is 18.1 Å². The molecule has 0 amide bonds. The zero-order valence-corrected chi connectivity index (χ0v) is 21.0. The molecule has 0 aliphatic heterocycles. The summed E-state index contributed by atoms with van der Waals surface area (Å²) in [4.78, 5) is 0. The molecule has 0 N–H and O–H groups in total. The minimum absolute atomic E-state index is 0.677. The van der Waals surface area contributed by atoms with E-state index in [1.165, 1.54) is 95.2 Å². The van der Waals surface area contributed by atoms with Gasteiger partial charge in [-0.2, -0.15) is 0 Å². The molecule has 0 aromatic rings. The molecule has 2 nitrogen and oxygen atoms in total. The van der Waals surface area contributed by atoms with Gasteiger partial charge in [-0.3, -0.25) is 0 Å². The Balaban J connectivity index is 4.51. The van der Waals surface area contributed by atoms with Crippen LogP contribution in [-0.4, -0.2) is 28.8 Å². The number of hydrogen-bond donors (Lipinski definition) is 0. The standard InChI is InChI=1S/C18H44O2Si3/c1-4-7-10-13-16-23(20-22-19-21,17-14-11-8-5-2)18-15-12-9-6-3/h4-18,22H2,1-3,21H3. The lowest BCUT2D eigenvalue weighted by Crippen LogP contribution is -2.40. The summed E-state index contributed by atoms with van der Waals surface area (Å²) >= 11 is 0. The second-order valence-corrected chi connectivity index (χ2v) is 14.7. The highest BCUT2D eigenvalue weighted by molar-refractivity contribution is 6.77. The fourth-order valence-corrected chi connectivity index (χ4v) is 11.1. The Morgan fingerprint density at radius 1 is 0.652 bits per heavy atom. The SMILES string of the molecule is CCCCCC[Si](CCCCCC)(CCCCCC)O[SiH2]O[SiH3]. The highest BCUT2D eigenvalue weighted by Crippen LogP contribution is 2.30. The van der Waals surface area contributed by atoms with E-state index < -0.39 is 18.3 Å². The summed E-state index contributed by atoms with van der Waals surface area (Å²) in [5.41, 5.74) is 0. The van der Waals surface area contributed by atoms with Gasteiger partial charge in [-0.25, -0.2) is 0 Å². The molecular weight excluding hydrogens is 332 g/mol. The Morgan fingerprint density at radius 3 is 1.35 bits per heavy atom. The van der Waals surface area contributed by atoms with Crippen LogP contribution in [0.3, 0.4) is 0 Å². The molecule has 0 unspecified atom stereocenters. The Kier molecular flexibility index (Phi) is 17.8. The third-order valence-electron chi connectivity index (χ3n) is 4.94. The third kappa shape index (κ3) is 13.5. The Labute approximate surface area is 153 Å². The van der Waals surface area contributed by atoms with Crippen LogP contribution in [0.25, 0.3) is 0 Å². The molecule has 0 fully saturated rings. The molecule has 140 valence electrons. The number of rotatable bonds is 18. The van der Waals surface area contributed by atoms with Crippen molar-refractivity contribution in [3.63, 3.8) is 0 Å². The average molecular weight is 377 g/mol. The Hall–Kier alpha value is 0.571. The minimum Gasteiger partial charge on any atom is -0.449 e. The lowest BCUT2D eigenvalue weighted by Gasteiger charge is -2.32. The van der Waals surface area contributed by atoms with Crippen molar-refractivity contribution in [2.75, 3.05) is 0 Å². The zero-order valence-electron chi connectivity index (χ0n) is 16.6. The molecule has 0 atom stereocenters. The Bertz CT molecular complexity index is 209. The van der Waals surface area contributed by atoms with Crippen LogP contribution in [0.5, 0.6) is 0 Å². The fourth-order valence-electron chi connectivity index (χ4n) is 3.40. The fraction of sp³-hybridized carbons (Fsp3) is 1.00. The van der Waals surface area contributed by atoms with Gasteiger partial charge >= 0.3 is 0 Å². The molecular formula is C18H44O2Si3. The zero-order chi connectivity index (χ0) is 17.2. The van der Waals surface area contributed by atoms with Crippen LogP contribution in [0.1, 0.15) is 97.8 Å². The van der Waals surface area contributed by atoms with Gasteiger partial charge in [0.05, 0.1) is 0 Å². The summed E-state index contributed by atoms with van der Waals surface area (Å²) < 4.78 is 12.2. The summed E-state index contributed by atoms with van der Waals surface area (Å²) in [7, 11) is -1.33. The van der Waals surface area contributed by atoms with Gasteiger partial charge in [0.25, 0.3) is 10.0 Å². The van der Waals surface area contributed by atoms with Crippen LogP contribution < -0.4 is 0 Å². The van der Waals surface area contributed by atoms with Crippen LogP contribution in [0.4, 0.5) is 0 Å². The van der Waals surface area contributed by atoms with Crippen molar-refractivity contribution in [1.29, 1.82) is 0 Å². The van der Waals surface area contributed by atoms with E-state index in [9.17, 15) is 0 Å². The van der Waals surface area contributed by atoms with E-state index in [-0.39, 0.29) is 0 Å². The highest BCUT2D eigenvalue weighted by Gasteiger charge is 2.32. The van der Waals surface area contributed by atoms with Crippen molar-refractivity contribution < 1.29 is 8.23 Å². The first kappa shape index (κ1) is 23.6. The Morgan fingerprint density at radius 2 is 1.04 bits per heavy atom. The van der Waals surface area contributed by atoms with Crippen molar-refractivity contribution in [2.45, 2.75) is 116 Å². The second-order valence-electron chi connectivity index (χ2n) is 7.17. The molecule has 0 bridgehead atoms. The summed E-state index contributed by atoms with van der Waals surface area (Å²) in [5.74, 6) is 0. The monoisotopic (exact) mass is 376 g/mol. The number of unbranched alkanes of at least 4 members (excludes halogenated alkanes) is 9. The minimum atomic E-state index is -1.51. The van der Waals surface area contributed by atoms with Gasteiger partial charge in [-0.1, -0.05) is 97.8 Å². The maximum atomic E-state index is 6.61. The van der Waals surface area contributed by atoms with E-state index in [1.807, 2.05) is 0 Å². The first-order chi connectivity index (χ1) is 11.2. The van der Waals surface area contributed by atoms with Gasteiger partial charge in [0, 0.05) is 0 Å². The topological polar surface area (TPSA) is 18.5 Å². The van der Waals surface area contributed by atoms with Crippen LogP contribution in [0.2, 0.25) is 18.1 Å². The van der Waals surface area contributed by atoms with Crippen LogP contribution >= 0.6 is 0 Å². The lowest BCUT2D eigenvalue weighted by molar-refractivity contribution is 0.453. The van der Waals surface area contributed by atoms with Crippen molar-refractivity contribution in [1.82, 2.24) is 0 Å².